The van der Waals surface area contributed by atoms with Gasteiger partial charge >= 0.3 is 11.8 Å². The molecule has 2 amide bonds. The van der Waals surface area contributed by atoms with Crippen molar-refractivity contribution in [3.63, 3.8) is 0 Å². The van der Waals surface area contributed by atoms with Gasteiger partial charge < -0.3 is 10.6 Å². The Morgan fingerprint density at radius 2 is 1.71 bits per heavy atom. The standard InChI is InChI=1S/C12H15FN2O2/c1-2-7-14-11(16)12(17)15-8-9-3-5-10(13)6-4-9/h3-6H,2,7-8H2,1H3,(H,14,16)(H,15,17). The molecule has 0 aromatic heterocycles. The molecule has 1 aromatic rings. The van der Waals surface area contributed by atoms with Crippen molar-refractivity contribution in [2.45, 2.75) is 19.9 Å². The van der Waals surface area contributed by atoms with Crippen molar-refractivity contribution in [3.8, 4) is 0 Å². The van der Waals surface area contributed by atoms with E-state index in [0.717, 1.165) is 12.0 Å². The highest BCUT2D eigenvalue weighted by molar-refractivity contribution is 6.35. The van der Waals surface area contributed by atoms with Gasteiger partial charge in [-0.3, -0.25) is 9.59 Å². The van der Waals surface area contributed by atoms with Crippen LogP contribution in [0, 0.1) is 5.82 Å². The average molecular weight is 238 g/mol. The molecule has 0 bridgehead atoms. The number of hydrogen-bond acceptors (Lipinski definition) is 2. The zero-order chi connectivity index (χ0) is 12.7. The molecule has 0 aliphatic rings. The lowest BCUT2D eigenvalue weighted by Crippen LogP contribution is -2.39. The maximum absolute atomic E-state index is 12.6. The molecule has 0 heterocycles. The van der Waals surface area contributed by atoms with Crippen molar-refractivity contribution in [1.82, 2.24) is 10.6 Å². The molecule has 4 nitrogen and oxygen atoms in total. The molecule has 0 saturated carbocycles. The number of nitrogens with one attached hydrogen (secondary N) is 2. The van der Waals surface area contributed by atoms with Crippen molar-refractivity contribution in [2.24, 2.45) is 0 Å². The molecular formula is C12H15FN2O2. The Hall–Kier alpha value is -1.91. The van der Waals surface area contributed by atoms with Gasteiger partial charge in [-0.2, -0.15) is 0 Å². The Morgan fingerprint density at radius 1 is 1.12 bits per heavy atom. The predicted octanol–water partition coefficient (Wildman–Crippen LogP) is 0.968. The predicted molar refractivity (Wildman–Crippen MR) is 61.5 cm³/mol. The lowest BCUT2D eigenvalue weighted by molar-refractivity contribution is -0.139. The lowest BCUT2D eigenvalue weighted by Gasteiger charge is -2.05. The van der Waals surface area contributed by atoms with Gasteiger partial charge in [0, 0.05) is 13.1 Å². The SMILES string of the molecule is CCCNC(=O)C(=O)NCc1ccc(F)cc1. The van der Waals surface area contributed by atoms with E-state index in [0.29, 0.717) is 6.54 Å². The summed E-state index contributed by atoms with van der Waals surface area (Å²) in [5.74, 6) is -1.66. The van der Waals surface area contributed by atoms with Crippen LogP contribution in [0.15, 0.2) is 24.3 Å². The van der Waals surface area contributed by atoms with E-state index < -0.39 is 11.8 Å². The van der Waals surface area contributed by atoms with Crippen molar-refractivity contribution in [2.75, 3.05) is 6.54 Å². The van der Waals surface area contributed by atoms with E-state index in [1.54, 1.807) is 12.1 Å². The Bertz CT molecular complexity index is 390. The van der Waals surface area contributed by atoms with Gasteiger partial charge in [-0.05, 0) is 24.1 Å². The minimum Gasteiger partial charge on any atom is -0.348 e. The van der Waals surface area contributed by atoms with E-state index in [1.165, 1.54) is 12.1 Å². The Balaban J connectivity index is 2.37. The topological polar surface area (TPSA) is 58.2 Å². The molecule has 0 fully saturated rings. The van der Waals surface area contributed by atoms with Crippen LogP contribution in [0.5, 0.6) is 0 Å². The van der Waals surface area contributed by atoms with Gasteiger partial charge in [0.2, 0.25) is 0 Å². The summed E-state index contributed by atoms with van der Waals surface area (Å²) in [6.45, 7) is 2.58. The second kappa shape index (κ2) is 6.62. The zero-order valence-electron chi connectivity index (χ0n) is 9.63. The quantitative estimate of drug-likeness (QED) is 0.768. The van der Waals surface area contributed by atoms with Crippen molar-refractivity contribution >= 4 is 11.8 Å². The Labute approximate surface area is 99.2 Å². The average Bonchev–Trinajstić information content (AvgIpc) is 2.34. The van der Waals surface area contributed by atoms with Crippen LogP contribution >= 0.6 is 0 Å². The highest BCUT2D eigenvalue weighted by Gasteiger charge is 2.11. The molecule has 1 rings (SSSR count). The molecule has 1 aromatic carbocycles. The molecular weight excluding hydrogens is 223 g/mol. The van der Waals surface area contributed by atoms with E-state index in [9.17, 15) is 14.0 Å². The second-order valence-electron chi connectivity index (χ2n) is 3.57. The fourth-order valence-corrected chi connectivity index (χ4v) is 1.18. The lowest BCUT2D eigenvalue weighted by atomic mass is 10.2. The van der Waals surface area contributed by atoms with Crippen LogP contribution in [0.25, 0.3) is 0 Å². The van der Waals surface area contributed by atoms with E-state index in [-0.39, 0.29) is 12.4 Å². The molecule has 0 unspecified atom stereocenters. The summed E-state index contributed by atoms with van der Waals surface area (Å²) >= 11 is 0. The molecule has 0 saturated heterocycles. The van der Waals surface area contributed by atoms with Gasteiger partial charge in [-0.15, -0.1) is 0 Å². The van der Waals surface area contributed by atoms with Crippen molar-refractivity contribution in [3.05, 3.63) is 35.6 Å². The summed E-state index contributed by atoms with van der Waals surface area (Å²) in [6.07, 6.45) is 0.775. The van der Waals surface area contributed by atoms with Crippen LogP contribution in [0.3, 0.4) is 0 Å². The summed E-state index contributed by atoms with van der Waals surface area (Å²) in [4.78, 5) is 22.5. The van der Waals surface area contributed by atoms with Gasteiger partial charge in [0.15, 0.2) is 0 Å². The number of hydrogen-bond donors (Lipinski definition) is 2. The number of amides is 2. The number of rotatable bonds is 4. The normalized spacial score (nSPS) is 9.76. The molecule has 92 valence electrons. The van der Waals surface area contributed by atoms with Crippen molar-refractivity contribution < 1.29 is 14.0 Å². The van der Waals surface area contributed by atoms with E-state index in [4.69, 9.17) is 0 Å². The first-order valence-corrected chi connectivity index (χ1v) is 5.44. The molecule has 0 spiro atoms. The zero-order valence-corrected chi connectivity index (χ0v) is 9.63. The molecule has 0 atom stereocenters. The number of halogens is 1. The minimum atomic E-state index is -0.678. The second-order valence-corrected chi connectivity index (χ2v) is 3.57. The first kappa shape index (κ1) is 13.2. The van der Waals surface area contributed by atoms with Crippen LogP contribution < -0.4 is 10.6 Å². The summed E-state index contributed by atoms with van der Waals surface area (Å²) < 4.78 is 12.6. The summed E-state index contributed by atoms with van der Waals surface area (Å²) in [6, 6.07) is 5.72. The fourth-order valence-electron chi connectivity index (χ4n) is 1.18. The molecule has 17 heavy (non-hydrogen) atoms. The van der Waals surface area contributed by atoms with Crippen LogP contribution in [0.2, 0.25) is 0 Å². The fraction of sp³-hybridized carbons (Fsp3) is 0.333. The third-order valence-corrected chi connectivity index (χ3v) is 2.11. The highest BCUT2D eigenvalue weighted by Crippen LogP contribution is 2.01. The maximum Gasteiger partial charge on any atom is 0.309 e. The molecule has 2 N–H and O–H groups in total. The molecule has 0 aliphatic heterocycles. The van der Waals surface area contributed by atoms with Crippen LogP contribution in [-0.2, 0) is 16.1 Å². The van der Waals surface area contributed by atoms with Gasteiger partial charge in [-0.25, -0.2) is 4.39 Å². The van der Waals surface area contributed by atoms with Crippen LogP contribution in [-0.4, -0.2) is 18.4 Å². The highest BCUT2D eigenvalue weighted by atomic mass is 19.1. The molecule has 5 heteroatoms. The van der Waals surface area contributed by atoms with Crippen LogP contribution in [0.4, 0.5) is 4.39 Å². The van der Waals surface area contributed by atoms with E-state index in [1.807, 2.05) is 6.92 Å². The first-order chi connectivity index (χ1) is 8.13. The minimum absolute atomic E-state index is 0.207. The van der Waals surface area contributed by atoms with Gasteiger partial charge in [0.1, 0.15) is 5.82 Å². The van der Waals surface area contributed by atoms with Gasteiger partial charge in [0.05, 0.1) is 0 Å². The third-order valence-electron chi connectivity index (χ3n) is 2.11. The summed E-state index contributed by atoms with van der Waals surface area (Å²) in [5.41, 5.74) is 0.739. The Morgan fingerprint density at radius 3 is 2.29 bits per heavy atom. The third kappa shape index (κ3) is 4.63. The number of carbonyl (C=O) groups is 2. The van der Waals surface area contributed by atoms with Crippen LogP contribution in [0.1, 0.15) is 18.9 Å². The van der Waals surface area contributed by atoms with Gasteiger partial charge in [-0.1, -0.05) is 19.1 Å². The number of benzene rings is 1. The van der Waals surface area contributed by atoms with E-state index >= 15 is 0 Å². The Kier molecular flexibility index (Phi) is 5.13. The number of carbonyl (C=O) groups excluding carboxylic acids is 2. The van der Waals surface area contributed by atoms with Gasteiger partial charge in [0.25, 0.3) is 0 Å². The summed E-state index contributed by atoms with van der Waals surface area (Å²) in [5, 5.41) is 4.92. The smallest absolute Gasteiger partial charge is 0.309 e. The molecule has 0 radical (unpaired) electrons. The largest absolute Gasteiger partial charge is 0.348 e. The summed E-state index contributed by atoms with van der Waals surface area (Å²) in [7, 11) is 0. The molecule has 0 aliphatic carbocycles. The van der Waals surface area contributed by atoms with Crippen molar-refractivity contribution in [1.29, 1.82) is 0 Å². The van der Waals surface area contributed by atoms with E-state index in [2.05, 4.69) is 10.6 Å². The monoisotopic (exact) mass is 238 g/mol. The maximum atomic E-state index is 12.6. The first-order valence-electron chi connectivity index (χ1n) is 5.44.